The average Bonchev–Trinajstić information content (AvgIpc) is 3.43. The van der Waals surface area contributed by atoms with Crippen LogP contribution in [0.1, 0.15) is 29.2 Å². The molecule has 0 saturated heterocycles. The van der Waals surface area contributed by atoms with Crippen LogP contribution in [0.3, 0.4) is 0 Å². The van der Waals surface area contributed by atoms with Crippen LogP contribution in [0, 0.1) is 5.92 Å². The van der Waals surface area contributed by atoms with Crippen LogP contribution in [0.4, 0.5) is 5.69 Å². The van der Waals surface area contributed by atoms with Crippen molar-refractivity contribution in [2.75, 3.05) is 11.4 Å². The molecule has 0 spiro atoms. The first-order valence-electron chi connectivity index (χ1n) is 13.1. The van der Waals surface area contributed by atoms with Crippen molar-refractivity contribution in [1.82, 2.24) is 14.5 Å². The Balaban J connectivity index is 1.60. The summed E-state index contributed by atoms with van der Waals surface area (Å²) in [7, 11) is -4.20. The molecule has 0 fully saturated rings. The number of hydrogen-bond donors (Lipinski definition) is 2. The summed E-state index contributed by atoms with van der Waals surface area (Å²) < 4.78 is 29.4. The number of amides is 2. The van der Waals surface area contributed by atoms with Gasteiger partial charge in [-0.1, -0.05) is 72.8 Å². The lowest BCUT2D eigenvalue weighted by atomic mass is 9.98. The van der Waals surface area contributed by atoms with Gasteiger partial charge in [0.05, 0.1) is 24.8 Å². The summed E-state index contributed by atoms with van der Waals surface area (Å²) in [6.07, 6.45) is 4.63. The lowest BCUT2D eigenvalue weighted by molar-refractivity contribution is -0.132. The van der Waals surface area contributed by atoms with E-state index in [4.69, 9.17) is 0 Å². The van der Waals surface area contributed by atoms with E-state index in [-0.39, 0.29) is 19.6 Å². The number of hydrogen-bond acceptors (Lipinski definition) is 6. The van der Waals surface area contributed by atoms with Crippen molar-refractivity contribution in [2.45, 2.75) is 26.5 Å². The lowest BCUT2D eigenvalue weighted by Gasteiger charge is -2.26. The SMILES string of the molecule is CCN(C(=O)C(Cc1cnn(Cc2ccccc2)c1)C(=O)NS(=O)(=O)/C=C/c1ccccc1)c1cccc(CO)c1. The molecule has 1 unspecified atom stereocenters. The summed E-state index contributed by atoms with van der Waals surface area (Å²) in [5.74, 6) is -2.87. The van der Waals surface area contributed by atoms with Gasteiger partial charge in [-0.15, -0.1) is 0 Å². The molecule has 1 atom stereocenters. The molecule has 3 aromatic carbocycles. The Morgan fingerprint density at radius 3 is 2.34 bits per heavy atom. The molecule has 0 saturated carbocycles. The third-order valence-corrected chi connectivity index (χ3v) is 7.38. The summed E-state index contributed by atoms with van der Waals surface area (Å²) in [4.78, 5) is 28.7. The molecule has 41 heavy (non-hydrogen) atoms. The zero-order valence-corrected chi connectivity index (χ0v) is 23.4. The van der Waals surface area contributed by atoms with E-state index >= 15 is 0 Å². The number of aromatic nitrogens is 2. The van der Waals surface area contributed by atoms with Crippen molar-refractivity contribution in [3.63, 3.8) is 0 Å². The molecule has 0 aliphatic heterocycles. The molecule has 0 aliphatic carbocycles. The molecule has 0 bridgehead atoms. The summed E-state index contributed by atoms with van der Waals surface area (Å²) >= 11 is 0. The maximum Gasteiger partial charge on any atom is 0.257 e. The fourth-order valence-corrected chi connectivity index (χ4v) is 5.18. The summed E-state index contributed by atoms with van der Waals surface area (Å²) in [5.41, 5.74) is 3.38. The number of benzene rings is 3. The van der Waals surface area contributed by atoms with E-state index in [0.29, 0.717) is 28.9 Å². The largest absolute Gasteiger partial charge is 0.392 e. The van der Waals surface area contributed by atoms with E-state index in [2.05, 4.69) is 9.82 Å². The lowest BCUT2D eigenvalue weighted by Crippen LogP contribution is -2.46. The third-order valence-electron chi connectivity index (χ3n) is 6.40. The topological polar surface area (TPSA) is 122 Å². The van der Waals surface area contributed by atoms with Crippen LogP contribution < -0.4 is 9.62 Å². The number of aliphatic hydroxyl groups excluding tert-OH is 1. The van der Waals surface area contributed by atoms with Gasteiger partial charge in [-0.05, 0) is 53.8 Å². The molecule has 4 aromatic rings. The van der Waals surface area contributed by atoms with Crippen LogP contribution in [0.15, 0.2) is 103 Å². The molecule has 1 aromatic heterocycles. The zero-order valence-electron chi connectivity index (χ0n) is 22.6. The third kappa shape index (κ3) is 8.23. The minimum Gasteiger partial charge on any atom is -0.392 e. The fraction of sp³-hybridized carbons (Fsp3) is 0.194. The summed E-state index contributed by atoms with van der Waals surface area (Å²) in [6.45, 7) is 2.27. The highest BCUT2D eigenvalue weighted by Gasteiger charge is 2.33. The predicted molar refractivity (Wildman–Crippen MR) is 158 cm³/mol. The van der Waals surface area contributed by atoms with Gasteiger partial charge in [-0.3, -0.25) is 14.3 Å². The summed E-state index contributed by atoms with van der Waals surface area (Å²) in [6, 6.07) is 25.3. The van der Waals surface area contributed by atoms with Crippen LogP contribution in [0.25, 0.3) is 6.08 Å². The number of sulfonamides is 1. The number of aliphatic hydroxyl groups is 1. The van der Waals surface area contributed by atoms with E-state index in [1.54, 1.807) is 72.5 Å². The first-order valence-corrected chi connectivity index (χ1v) is 14.7. The van der Waals surface area contributed by atoms with E-state index in [1.807, 2.05) is 36.4 Å². The molecular weight excluding hydrogens is 540 g/mol. The number of nitrogens with one attached hydrogen (secondary N) is 1. The number of carbonyl (C=O) groups is 2. The Hall–Kier alpha value is -4.54. The van der Waals surface area contributed by atoms with Crippen LogP contribution in [-0.2, 0) is 39.2 Å². The monoisotopic (exact) mass is 572 g/mol. The Morgan fingerprint density at radius 2 is 1.66 bits per heavy atom. The highest BCUT2D eigenvalue weighted by atomic mass is 32.2. The van der Waals surface area contributed by atoms with Crippen LogP contribution in [-0.4, -0.2) is 41.7 Å². The van der Waals surface area contributed by atoms with Gasteiger partial charge in [0, 0.05) is 18.4 Å². The molecule has 0 radical (unpaired) electrons. The Labute approximate surface area is 239 Å². The molecule has 0 aliphatic rings. The van der Waals surface area contributed by atoms with E-state index in [9.17, 15) is 23.1 Å². The smallest absolute Gasteiger partial charge is 0.257 e. The first kappa shape index (κ1) is 29.4. The van der Waals surface area contributed by atoms with Gasteiger partial charge < -0.3 is 10.0 Å². The van der Waals surface area contributed by atoms with Gasteiger partial charge >= 0.3 is 0 Å². The van der Waals surface area contributed by atoms with Crippen LogP contribution >= 0.6 is 0 Å². The van der Waals surface area contributed by atoms with Crippen molar-refractivity contribution in [3.05, 3.63) is 125 Å². The highest BCUT2D eigenvalue weighted by molar-refractivity contribution is 7.93. The first-order chi connectivity index (χ1) is 19.8. The molecule has 10 heteroatoms. The standard InChI is InChI=1S/C31H32N4O5S/c1-2-35(28-15-9-14-26(18-28)23-36)31(38)29(19-27-20-32-34(22-27)21-25-12-7-4-8-13-25)30(37)33-41(39,40)17-16-24-10-5-3-6-11-24/h3-18,20,22,29,36H,2,19,21,23H2,1H3,(H,33,37)/b17-16+. The predicted octanol–water partition coefficient (Wildman–Crippen LogP) is 3.75. The summed E-state index contributed by atoms with van der Waals surface area (Å²) in [5, 5.41) is 14.8. The second-order valence-electron chi connectivity index (χ2n) is 9.42. The maximum absolute atomic E-state index is 13.8. The molecule has 2 N–H and O–H groups in total. The normalized spacial score (nSPS) is 12.2. The van der Waals surface area contributed by atoms with Crippen molar-refractivity contribution in [3.8, 4) is 0 Å². The maximum atomic E-state index is 13.8. The minimum absolute atomic E-state index is 0.0619. The van der Waals surface area contributed by atoms with E-state index < -0.39 is 27.8 Å². The minimum atomic E-state index is -4.20. The zero-order chi connectivity index (χ0) is 29.2. The van der Waals surface area contributed by atoms with Crippen molar-refractivity contribution in [2.24, 2.45) is 5.92 Å². The van der Waals surface area contributed by atoms with Gasteiger partial charge in [0.25, 0.3) is 10.0 Å². The average molecular weight is 573 g/mol. The Kier molecular flexibility index (Phi) is 9.83. The van der Waals surface area contributed by atoms with Gasteiger partial charge in [0.1, 0.15) is 5.92 Å². The number of anilines is 1. The van der Waals surface area contributed by atoms with Gasteiger partial charge in [0.2, 0.25) is 11.8 Å². The van der Waals surface area contributed by atoms with E-state index in [0.717, 1.165) is 11.0 Å². The molecule has 2 amide bonds. The Bertz CT molecular complexity index is 1600. The van der Waals surface area contributed by atoms with Gasteiger partial charge in [-0.2, -0.15) is 5.10 Å². The number of carbonyl (C=O) groups excluding carboxylic acids is 2. The van der Waals surface area contributed by atoms with Gasteiger partial charge in [0.15, 0.2) is 0 Å². The number of rotatable bonds is 12. The number of nitrogens with zero attached hydrogens (tertiary/aromatic N) is 3. The second kappa shape index (κ2) is 13.7. The molecule has 4 rings (SSSR count). The molecule has 9 nitrogen and oxygen atoms in total. The molecule has 1 heterocycles. The van der Waals surface area contributed by atoms with E-state index in [1.165, 1.54) is 11.0 Å². The molecular formula is C31H32N4O5S. The quantitative estimate of drug-likeness (QED) is 0.250. The van der Waals surface area contributed by atoms with Crippen molar-refractivity contribution < 1.29 is 23.1 Å². The highest BCUT2D eigenvalue weighted by Crippen LogP contribution is 2.21. The van der Waals surface area contributed by atoms with Gasteiger partial charge in [-0.25, -0.2) is 13.1 Å². The van der Waals surface area contributed by atoms with Crippen molar-refractivity contribution in [1.29, 1.82) is 0 Å². The Morgan fingerprint density at radius 1 is 0.976 bits per heavy atom. The fourth-order valence-electron chi connectivity index (χ4n) is 4.35. The van der Waals surface area contributed by atoms with Crippen LogP contribution in [0.2, 0.25) is 0 Å². The van der Waals surface area contributed by atoms with Crippen LogP contribution in [0.5, 0.6) is 0 Å². The second-order valence-corrected chi connectivity index (χ2v) is 11.0. The molecule has 212 valence electrons. The van der Waals surface area contributed by atoms with Crippen molar-refractivity contribution >= 4 is 33.6 Å².